The average molecular weight is 242 g/mol. The first-order valence-corrected chi connectivity index (χ1v) is 5.52. The summed E-state index contributed by atoms with van der Waals surface area (Å²) >= 11 is 5.82. The lowest BCUT2D eigenvalue weighted by Gasteiger charge is -2.22. The van der Waals surface area contributed by atoms with Gasteiger partial charge in [-0.3, -0.25) is 0 Å². The highest BCUT2D eigenvalue weighted by Gasteiger charge is 2.18. The number of amides is 1. The molecule has 0 aliphatic carbocycles. The van der Waals surface area contributed by atoms with Crippen molar-refractivity contribution in [3.05, 3.63) is 34.9 Å². The number of ether oxygens (including phenoxy) is 1. The van der Waals surface area contributed by atoms with E-state index in [1.54, 1.807) is 0 Å². The lowest BCUT2D eigenvalue weighted by Crippen LogP contribution is -2.31. The standard InChI is InChI=1S/C12H16ClNO2/c1-8(2)11(14-12(15)16-3)9-4-6-10(13)7-5-9/h4-8,11H,1-3H3,(H,14,15). The quantitative estimate of drug-likeness (QED) is 0.881. The second-order valence-electron chi connectivity index (χ2n) is 3.91. The van der Waals surface area contributed by atoms with Crippen molar-refractivity contribution in [2.45, 2.75) is 19.9 Å². The Hall–Kier alpha value is -1.22. The van der Waals surface area contributed by atoms with Gasteiger partial charge in [0, 0.05) is 5.02 Å². The van der Waals surface area contributed by atoms with Crippen molar-refractivity contribution in [1.29, 1.82) is 0 Å². The highest BCUT2D eigenvalue weighted by molar-refractivity contribution is 6.30. The van der Waals surface area contributed by atoms with Crippen LogP contribution in [0.1, 0.15) is 25.5 Å². The van der Waals surface area contributed by atoms with Gasteiger partial charge in [-0.25, -0.2) is 4.79 Å². The molecule has 0 saturated heterocycles. The molecule has 4 heteroatoms. The normalized spacial score (nSPS) is 12.3. The smallest absolute Gasteiger partial charge is 0.407 e. The number of alkyl carbamates (subject to hydrolysis) is 1. The third-order valence-electron chi connectivity index (χ3n) is 2.35. The van der Waals surface area contributed by atoms with Crippen LogP contribution in [0.4, 0.5) is 4.79 Å². The van der Waals surface area contributed by atoms with Gasteiger partial charge in [0.25, 0.3) is 0 Å². The number of carbonyl (C=O) groups excluding carboxylic acids is 1. The first-order valence-electron chi connectivity index (χ1n) is 5.14. The second kappa shape index (κ2) is 5.75. The maximum Gasteiger partial charge on any atom is 0.407 e. The minimum absolute atomic E-state index is 0.0651. The molecule has 1 aromatic carbocycles. The van der Waals surface area contributed by atoms with E-state index in [2.05, 4.69) is 10.1 Å². The van der Waals surface area contributed by atoms with Crippen LogP contribution in [0.2, 0.25) is 5.02 Å². The third-order valence-corrected chi connectivity index (χ3v) is 2.61. The minimum atomic E-state index is -0.423. The van der Waals surface area contributed by atoms with E-state index in [0.29, 0.717) is 5.02 Å². The van der Waals surface area contributed by atoms with Gasteiger partial charge in [0.2, 0.25) is 0 Å². The van der Waals surface area contributed by atoms with E-state index in [1.165, 1.54) is 7.11 Å². The monoisotopic (exact) mass is 241 g/mol. The molecule has 1 amide bonds. The minimum Gasteiger partial charge on any atom is -0.453 e. The largest absolute Gasteiger partial charge is 0.453 e. The predicted octanol–water partition coefficient (Wildman–Crippen LogP) is 3.39. The summed E-state index contributed by atoms with van der Waals surface area (Å²) < 4.78 is 4.60. The van der Waals surface area contributed by atoms with E-state index in [9.17, 15) is 4.79 Å². The Morgan fingerprint density at radius 2 is 1.88 bits per heavy atom. The first-order chi connectivity index (χ1) is 7.54. The Labute approximate surface area is 101 Å². The number of rotatable bonds is 3. The second-order valence-corrected chi connectivity index (χ2v) is 4.35. The zero-order chi connectivity index (χ0) is 12.1. The van der Waals surface area contributed by atoms with E-state index >= 15 is 0 Å². The van der Waals surface area contributed by atoms with Crippen molar-refractivity contribution in [1.82, 2.24) is 5.32 Å². The molecule has 0 bridgehead atoms. The fraction of sp³-hybridized carbons (Fsp3) is 0.417. The van der Waals surface area contributed by atoms with Crippen LogP contribution in [0.5, 0.6) is 0 Å². The molecule has 16 heavy (non-hydrogen) atoms. The van der Waals surface area contributed by atoms with Crippen LogP contribution in [-0.4, -0.2) is 13.2 Å². The molecule has 0 aromatic heterocycles. The molecule has 1 N–H and O–H groups in total. The summed E-state index contributed by atoms with van der Waals surface area (Å²) in [6.45, 7) is 4.07. The number of methoxy groups -OCH3 is 1. The van der Waals surface area contributed by atoms with Crippen molar-refractivity contribution < 1.29 is 9.53 Å². The fourth-order valence-corrected chi connectivity index (χ4v) is 1.62. The first kappa shape index (κ1) is 12.8. The van der Waals surface area contributed by atoms with Crippen LogP contribution in [-0.2, 0) is 4.74 Å². The number of nitrogens with one attached hydrogen (secondary N) is 1. The van der Waals surface area contributed by atoms with Gasteiger partial charge in [0.15, 0.2) is 0 Å². The molecule has 0 spiro atoms. The Morgan fingerprint density at radius 3 is 2.31 bits per heavy atom. The van der Waals surface area contributed by atoms with Crippen LogP contribution >= 0.6 is 11.6 Å². The summed E-state index contributed by atoms with van der Waals surface area (Å²) in [7, 11) is 1.36. The molecule has 0 radical (unpaired) electrons. The van der Waals surface area contributed by atoms with Crippen LogP contribution in [0.3, 0.4) is 0 Å². The Kier molecular flexibility index (Phi) is 4.62. The fourth-order valence-electron chi connectivity index (χ4n) is 1.49. The summed E-state index contributed by atoms with van der Waals surface area (Å²) in [4.78, 5) is 11.2. The molecule has 3 nitrogen and oxygen atoms in total. The third kappa shape index (κ3) is 3.42. The summed E-state index contributed by atoms with van der Waals surface area (Å²) in [5.41, 5.74) is 1.02. The zero-order valence-corrected chi connectivity index (χ0v) is 10.4. The van der Waals surface area contributed by atoms with Gasteiger partial charge in [-0.15, -0.1) is 0 Å². The Morgan fingerprint density at radius 1 is 1.31 bits per heavy atom. The SMILES string of the molecule is COC(=O)NC(c1ccc(Cl)cc1)C(C)C. The number of hydrogen-bond acceptors (Lipinski definition) is 2. The van der Waals surface area contributed by atoms with Crippen molar-refractivity contribution >= 4 is 17.7 Å². The highest BCUT2D eigenvalue weighted by Crippen LogP contribution is 2.23. The van der Waals surface area contributed by atoms with Crippen molar-refractivity contribution in [3.8, 4) is 0 Å². The van der Waals surface area contributed by atoms with Crippen LogP contribution in [0.25, 0.3) is 0 Å². The van der Waals surface area contributed by atoms with E-state index < -0.39 is 6.09 Å². The highest BCUT2D eigenvalue weighted by atomic mass is 35.5. The number of halogens is 1. The van der Waals surface area contributed by atoms with Gasteiger partial charge < -0.3 is 10.1 Å². The topological polar surface area (TPSA) is 38.3 Å². The summed E-state index contributed by atoms with van der Waals surface area (Å²) in [6, 6.07) is 7.37. The van der Waals surface area contributed by atoms with Crippen molar-refractivity contribution in [2.75, 3.05) is 7.11 Å². The molecule has 1 unspecified atom stereocenters. The molecule has 1 rings (SSSR count). The predicted molar refractivity (Wildman–Crippen MR) is 64.6 cm³/mol. The molecule has 0 saturated carbocycles. The van der Waals surface area contributed by atoms with Crippen LogP contribution in [0, 0.1) is 5.92 Å². The molecular formula is C12H16ClNO2. The molecule has 1 atom stereocenters. The Balaban J connectivity index is 2.85. The van der Waals surface area contributed by atoms with Crippen molar-refractivity contribution in [2.24, 2.45) is 5.92 Å². The van der Waals surface area contributed by atoms with E-state index in [4.69, 9.17) is 11.6 Å². The van der Waals surface area contributed by atoms with E-state index in [-0.39, 0.29) is 12.0 Å². The molecule has 0 aliphatic rings. The molecule has 88 valence electrons. The van der Waals surface area contributed by atoms with Gasteiger partial charge in [-0.1, -0.05) is 37.6 Å². The molecule has 0 heterocycles. The Bertz CT molecular complexity index is 349. The lowest BCUT2D eigenvalue weighted by molar-refractivity contribution is 0.163. The van der Waals surface area contributed by atoms with E-state index in [0.717, 1.165) is 5.56 Å². The van der Waals surface area contributed by atoms with E-state index in [1.807, 2.05) is 38.1 Å². The van der Waals surface area contributed by atoms with Crippen LogP contribution in [0.15, 0.2) is 24.3 Å². The van der Waals surface area contributed by atoms with Crippen LogP contribution < -0.4 is 5.32 Å². The van der Waals surface area contributed by atoms with Crippen molar-refractivity contribution in [3.63, 3.8) is 0 Å². The number of benzene rings is 1. The van der Waals surface area contributed by atoms with Gasteiger partial charge in [0.05, 0.1) is 13.2 Å². The number of hydrogen-bond donors (Lipinski definition) is 1. The average Bonchev–Trinajstić information content (AvgIpc) is 2.26. The molecule has 1 aromatic rings. The maximum absolute atomic E-state index is 11.2. The summed E-state index contributed by atoms with van der Waals surface area (Å²) in [5.74, 6) is 0.278. The number of carbonyl (C=O) groups is 1. The van der Waals surface area contributed by atoms with Gasteiger partial charge in [0.1, 0.15) is 0 Å². The zero-order valence-electron chi connectivity index (χ0n) is 9.66. The van der Waals surface area contributed by atoms with Gasteiger partial charge in [-0.2, -0.15) is 0 Å². The molecular weight excluding hydrogens is 226 g/mol. The molecule has 0 aliphatic heterocycles. The molecule has 0 fully saturated rings. The summed E-state index contributed by atoms with van der Waals surface area (Å²) in [6.07, 6.45) is -0.423. The maximum atomic E-state index is 11.2. The summed E-state index contributed by atoms with van der Waals surface area (Å²) in [5, 5.41) is 3.48. The van der Waals surface area contributed by atoms with Gasteiger partial charge in [-0.05, 0) is 23.6 Å². The van der Waals surface area contributed by atoms with Gasteiger partial charge >= 0.3 is 6.09 Å². The lowest BCUT2D eigenvalue weighted by atomic mass is 9.96.